The molecule has 1 aliphatic carbocycles. The number of thioether (sulfide) groups is 1. The second kappa shape index (κ2) is 9.34. The molecule has 2 aliphatic rings. The number of ether oxygens (including phenoxy) is 1. The molecule has 0 spiro atoms. The van der Waals surface area contributed by atoms with Crippen LogP contribution < -0.4 is 4.90 Å². The predicted octanol–water partition coefficient (Wildman–Crippen LogP) is 4.92. The molecule has 1 aliphatic heterocycles. The molecule has 1 unspecified atom stereocenters. The zero-order valence-corrected chi connectivity index (χ0v) is 20.7. The van der Waals surface area contributed by atoms with Gasteiger partial charge in [0.2, 0.25) is 0 Å². The summed E-state index contributed by atoms with van der Waals surface area (Å²) in [6.07, 6.45) is 6.51. The summed E-state index contributed by atoms with van der Waals surface area (Å²) in [7, 11) is 0.873. The molecule has 0 saturated heterocycles. The summed E-state index contributed by atoms with van der Waals surface area (Å²) < 4.78 is 6.15. The standard InChI is InChI=1S/C22H33N5O2SSi/c1-26-22(30-21(25-26)16-7-5-6-8-16)27(15-29-11-12-31(2,3)4)20-10-9-18-19(24-20)13-17(28)14-23-18/h9-10,13-14,16,22,28H,5-8,11-12,15H2,1-4H3. The van der Waals surface area contributed by atoms with Crippen molar-refractivity contribution in [2.24, 2.45) is 11.0 Å². The highest BCUT2D eigenvalue weighted by atomic mass is 32.2. The van der Waals surface area contributed by atoms with Gasteiger partial charge in [0.15, 0.2) is 5.50 Å². The average Bonchev–Trinajstić information content (AvgIpc) is 3.37. The third kappa shape index (κ3) is 5.50. The van der Waals surface area contributed by atoms with Crippen molar-refractivity contribution >= 4 is 41.7 Å². The summed E-state index contributed by atoms with van der Waals surface area (Å²) in [5.41, 5.74) is 1.43. The van der Waals surface area contributed by atoms with Gasteiger partial charge in [0.05, 0.1) is 17.2 Å². The number of aromatic nitrogens is 2. The van der Waals surface area contributed by atoms with Gasteiger partial charge in [0.1, 0.15) is 23.3 Å². The number of anilines is 1. The van der Waals surface area contributed by atoms with E-state index in [0.717, 1.165) is 24.0 Å². The van der Waals surface area contributed by atoms with E-state index in [1.54, 1.807) is 6.07 Å². The zero-order valence-electron chi connectivity index (χ0n) is 18.9. The fourth-order valence-electron chi connectivity index (χ4n) is 3.96. The Morgan fingerprint density at radius 1 is 1.23 bits per heavy atom. The van der Waals surface area contributed by atoms with E-state index in [9.17, 15) is 5.11 Å². The van der Waals surface area contributed by atoms with Gasteiger partial charge in [-0.05, 0) is 31.0 Å². The lowest BCUT2D eigenvalue weighted by Gasteiger charge is -2.33. The molecule has 1 fully saturated rings. The Hall–Kier alpha value is -1.84. The molecule has 7 nitrogen and oxygen atoms in total. The van der Waals surface area contributed by atoms with Gasteiger partial charge in [-0.25, -0.2) is 4.98 Å². The van der Waals surface area contributed by atoms with Crippen molar-refractivity contribution in [2.75, 3.05) is 25.3 Å². The van der Waals surface area contributed by atoms with Gasteiger partial charge < -0.3 is 14.7 Å². The van der Waals surface area contributed by atoms with Crippen LogP contribution in [-0.2, 0) is 4.74 Å². The quantitative estimate of drug-likeness (QED) is 0.341. The number of nitrogens with zero attached hydrogens (tertiary/aromatic N) is 5. The van der Waals surface area contributed by atoms with E-state index in [1.807, 2.05) is 36.0 Å². The maximum Gasteiger partial charge on any atom is 0.174 e. The molecule has 0 amide bonds. The van der Waals surface area contributed by atoms with Crippen LogP contribution in [0.25, 0.3) is 11.0 Å². The van der Waals surface area contributed by atoms with E-state index >= 15 is 0 Å². The minimum atomic E-state index is -1.16. The number of hydrogen-bond acceptors (Lipinski definition) is 8. The van der Waals surface area contributed by atoms with E-state index in [0.29, 0.717) is 18.2 Å². The van der Waals surface area contributed by atoms with Crippen LogP contribution in [0.3, 0.4) is 0 Å². The zero-order chi connectivity index (χ0) is 22.0. The lowest BCUT2D eigenvalue weighted by atomic mass is 10.1. The number of rotatable bonds is 8. The molecule has 9 heteroatoms. The van der Waals surface area contributed by atoms with Gasteiger partial charge in [-0.3, -0.25) is 9.99 Å². The van der Waals surface area contributed by atoms with Crippen molar-refractivity contribution in [1.29, 1.82) is 0 Å². The van der Waals surface area contributed by atoms with Crippen molar-refractivity contribution in [2.45, 2.75) is 56.9 Å². The predicted molar refractivity (Wildman–Crippen MR) is 131 cm³/mol. The monoisotopic (exact) mass is 459 g/mol. The van der Waals surface area contributed by atoms with Crippen molar-refractivity contribution in [3.63, 3.8) is 0 Å². The number of hydrogen-bond donors (Lipinski definition) is 1. The van der Waals surface area contributed by atoms with E-state index in [2.05, 4.69) is 29.5 Å². The van der Waals surface area contributed by atoms with Crippen molar-refractivity contribution < 1.29 is 9.84 Å². The first-order valence-electron chi connectivity index (χ1n) is 11.1. The molecule has 1 saturated carbocycles. The molecule has 31 heavy (non-hydrogen) atoms. The Morgan fingerprint density at radius 3 is 2.74 bits per heavy atom. The van der Waals surface area contributed by atoms with Crippen LogP contribution in [0.5, 0.6) is 5.75 Å². The Balaban J connectivity index is 1.55. The van der Waals surface area contributed by atoms with Crippen LogP contribution in [0, 0.1) is 5.92 Å². The van der Waals surface area contributed by atoms with Gasteiger partial charge in [-0.2, -0.15) is 5.10 Å². The fourth-order valence-corrected chi connectivity index (χ4v) is 6.03. The lowest BCUT2D eigenvalue weighted by Crippen LogP contribution is -2.42. The molecular formula is C22H33N5O2SSi. The summed E-state index contributed by atoms with van der Waals surface area (Å²) in [5, 5.41) is 18.0. The van der Waals surface area contributed by atoms with E-state index in [-0.39, 0.29) is 11.2 Å². The maximum atomic E-state index is 9.85. The van der Waals surface area contributed by atoms with Gasteiger partial charge >= 0.3 is 0 Å². The summed E-state index contributed by atoms with van der Waals surface area (Å²) in [6.45, 7) is 8.28. The second-order valence-corrected chi connectivity index (χ2v) is 16.4. The Morgan fingerprint density at radius 2 is 2.00 bits per heavy atom. The highest BCUT2D eigenvalue weighted by Crippen LogP contribution is 2.38. The van der Waals surface area contributed by atoms with E-state index in [1.165, 1.54) is 36.9 Å². The summed E-state index contributed by atoms with van der Waals surface area (Å²) in [6, 6.07) is 6.71. The molecule has 0 aromatic carbocycles. The third-order valence-electron chi connectivity index (χ3n) is 5.80. The number of aromatic hydroxyl groups is 1. The smallest absolute Gasteiger partial charge is 0.174 e. The molecule has 0 radical (unpaired) electrons. The number of fused-ring (bicyclic) bond motifs is 1. The minimum absolute atomic E-state index is 0.00213. The molecule has 168 valence electrons. The molecule has 2 aromatic heterocycles. The van der Waals surface area contributed by atoms with Crippen LogP contribution in [0.15, 0.2) is 29.5 Å². The van der Waals surface area contributed by atoms with Crippen LogP contribution in [0.1, 0.15) is 25.7 Å². The Kier molecular flexibility index (Phi) is 6.73. The first-order valence-corrected chi connectivity index (χ1v) is 15.7. The lowest BCUT2D eigenvalue weighted by molar-refractivity contribution is 0.132. The van der Waals surface area contributed by atoms with Crippen LogP contribution in [0.2, 0.25) is 25.7 Å². The van der Waals surface area contributed by atoms with Crippen molar-refractivity contribution in [3.8, 4) is 5.75 Å². The Labute approximate surface area is 189 Å². The normalized spacial score (nSPS) is 19.9. The van der Waals surface area contributed by atoms with Crippen molar-refractivity contribution in [3.05, 3.63) is 24.4 Å². The molecule has 4 rings (SSSR count). The summed E-state index contributed by atoms with van der Waals surface area (Å²) in [4.78, 5) is 11.2. The first-order chi connectivity index (χ1) is 14.8. The first kappa shape index (κ1) is 22.4. The molecule has 2 aromatic rings. The van der Waals surface area contributed by atoms with Gasteiger partial charge in [0.25, 0.3) is 0 Å². The number of pyridine rings is 2. The van der Waals surface area contributed by atoms with Crippen LogP contribution in [-0.4, -0.2) is 59.1 Å². The highest BCUT2D eigenvalue weighted by Gasteiger charge is 2.35. The third-order valence-corrected chi connectivity index (χ3v) is 8.93. The van der Waals surface area contributed by atoms with Crippen molar-refractivity contribution in [1.82, 2.24) is 15.0 Å². The van der Waals surface area contributed by atoms with E-state index < -0.39 is 8.07 Å². The maximum absolute atomic E-state index is 9.85. The molecule has 1 atom stereocenters. The largest absolute Gasteiger partial charge is 0.506 e. The van der Waals surface area contributed by atoms with Gasteiger partial charge in [0, 0.05) is 33.7 Å². The second-order valence-electron chi connectivity index (χ2n) is 9.66. The van der Waals surface area contributed by atoms with Gasteiger partial charge in [-0.1, -0.05) is 44.2 Å². The minimum Gasteiger partial charge on any atom is -0.506 e. The molecule has 1 N–H and O–H groups in total. The topological polar surface area (TPSA) is 74.1 Å². The van der Waals surface area contributed by atoms with Gasteiger partial charge in [-0.15, -0.1) is 0 Å². The van der Waals surface area contributed by atoms with E-state index in [4.69, 9.17) is 14.8 Å². The van der Waals surface area contributed by atoms with Crippen LogP contribution >= 0.6 is 11.8 Å². The summed E-state index contributed by atoms with van der Waals surface area (Å²) >= 11 is 1.82. The fraction of sp³-hybridized carbons (Fsp3) is 0.591. The summed E-state index contributed by atoms with van der Waals surface area (Å²) in [5.74, 6) is 1.51. The average molecular weight is 460 g/mol. The molecule has 3 heterocycles. The Bertz CT molecular complexity index is 945. The number of hydrazone groups is 1. The highest BCUT2D eigenvalue weighted by molar-refractivity contribution is 8.14. The molecule has 0 bridgehead atoms. The van der Waals surface area contributed by atoms with Crippen LogP contribution in [0.4, 0.5) is 5.82 Å². The SMILES string of the molecule is CN1N=C(C2CCCC2)SC1N(COCC[Si](C)(C)C)c1ccc2ncc(O)cc2n1. The molecular weight excluding hydrogens is 426 g/mol.